The van der Waals surface area contributed by atoms with Crippen molar-refractivity contribution in [3.63, 3.8) is 0 Å². The number of Topliss-reactive ketones (excluding diaryl/α,β-unsaturated/α-hetero) is 2. The Bertz CT molecular complexity index is 1240. The van der Waals surface area contributed by atoms with Gasteiger partial charge in [0.2, 0.25) is 5.95 Å². The van der Waals surface area contributed by atoms with E-state index in [4.69, 9.17) is 11.6 Å². The number of anilines is 1. The lowest BCUT2D eigenvalue weighted by molar-refractivity contribution is 0.100. The monoisotopic (exact) mass is 456 g/mol. The van der Waals surface area contributed by atoms with Crippen LogP contribution in [0.1, 0.15) is 40.1 Å². The maximum atomic E-state index is 11.6. The van der Waals surface area contributed by atoms with Crippen LogP contribution < -0.4 is 5.32 Å². The minimum absolute atomic E-state index is 0.00876. The van der Waals surface area contributed by atoms with Crippen LogP contribution in [0.15, 0.2) is 72.8 Å². The quantitative estimate of drug-likeness (QED) is 0.350. The highest BCUT2D eigenvalue weighted by Gasteiger charge is 2.12. The van der Waals surface area contributed by atoms with Gasteiger partial charge in [0, 0.05) is 33.8 Å². The number of nitrogens with one attached hydrogen (secondary N) is 1. The topological polar surface area (TPSA) is 84.8 Å². The van der Waals surface area contributed by atoms with Crippen LogP contribution in [-0.2, 0) is 6.54 Å². The first kappa shape index (κ1) is 22.3. The molecule has 0 spiro atoms. The number of aromatic nitrogens is 3. The molecule has 0 radical (unpaired) electrons. The first-order valence-corrected chi connectivity index (χ1v) is 10.7. The van der Waals surface area contributed by atoms with Crippen LogP contribution in [0.2, 0.25) is 5.02 Å². The second kappa shape index (κ2) is 9.71. The molecule has 1 aromatic heterocycles. The molecule has 33 heavy (non-hydrogen) atoms. The van der Waals surface area contributed by atoms with Gasteiger partial charge in [0.25, 0.3) is 0 Å². The first-order chi connectivity index (χ1) is 15.9. The summed E-state index contributed by atoms with van der Waals surface area (Å²) in [4.78, 5) is 37.0. The van der Waals surface area contributed by atoms with Crippen LogP contribution in [0.3, 0.4) is 0 Å². The molecular formula is C26H21ClN4O2. The third kappa shape index (κ3) is 5.30. The summed E-state index contributed by atoms with van der Waals surface area (Å²) in [6.45, 7) is 3.49. The second-order valence-corrected chi connectivity index (χ2v) is 7.93. The Labute approximate surface area is 196 Å². The van der Waals surface area contributed by atoms with Crippen molar-refractivity contribution in [2.24, 2.45) is 0 Å². The lowest BCUT2D eigenvalue weighted by Gasteiger charge is -2.11. The number of ketones is 2. The van der Waals surface area contributed by atoms with Gasteiger partial charge in [0.1, 0.15) is 0 Å². The highest BCUT2D eigenvalue weighted by atomic mass is 35.5. The Hall–Kier alpha value is -3.90. The molecule has 0 atom stereocenters. The second-order valence-electron chi connectivity index (χ2n) is 7.52. The van der Waals surface area contributed by atoms with E-state index in [0.29, 0.717) is 40.3 Å². The summed E-state index contributed by atoms with van der Waals surface area (Å²) in [7, 11) is 0. The van der Waals surface area contributed by atoms with Crippen LogP contribution in [-0.4, -0.2) is 26.5 Å². The van der Waals surface area contributed by atoms with Gasteiger partial charge in [0.05, 0.1) is 0 Å². The van der Waals surface area contributed by atoms with Gasteiger partial charge in [0.15, 0.2) is 23.2 Å². The van der Waals surface area contributed by atoms with E-state index in [1.165, 1.54) is 13.8 Å². The Balaban J connectivity index is 1.72. The number of nitrogens with zero attached hydrogens (tertiary/aromatic N) is 3. The summed E-state index contributed by atoms with van der Waals surface area (Å²) in [6.07, 6.45) is 0. The maximum Gasteiger partial charge on any atom is 0.227 e. The van der Waals surface area contributed by atoms with Gasteiger partial charge in [-0.15, -0.1) is 0 Å². The van der Waals surface area contributed by atoms with Gasteiger partial charge in [-0.25, -0.2) is 4.98 Å². The molecule has 0 amide bonds. The van der Waals surface area contributed by atoms with Crippen LogP contribution in [0.4, 0.5) is 5.95 Å². The van der Waals surface area contributed by atoms with E-state index in [9.17, 15) is 9.59 Å². The Morgan fingerprint density at radius 1 is 0.727 bits per heavy atom. The zero-order chi connectivity index (χ0) is 23.4. The number of hydrogen-bond donors (Lipinski definition) is 1. The molecule has 3 aromatic carbocycles. The Morgan fingerprint density at radius 3 is 1.67 bits per heavy atom. The summed E-state index contributed by atoms with van der Waals surface area (Å²) < 4.78 is 0. The predicted molar refractivity (Wildman–Crippen MR) is 129 cm³/mol. The van der Waals surface area contributed by atoms with Crippen molar-refractivity contribution in [3.8, 4) is 22.8 Å². The molecule has 1 heterocycles. The predicted octanol–water partition coefficient (Wildman–Crippen LogP) is 5.88. The molecule has 0 bridgehead atoms. The van der Waals surface area contributed by atoms with Crippen LogP contribution in [0, 0.1) is 0 Å². The maximum absolute atomic E-state index is 11.6. The average molecular weight is 457 g/mol. The fraction of sp³-hybridized carbons (Fsp3) is 0.115. The van der Waals surface area contributed by atoms with Crippen molar-refractivity contribution in [2.45, 2.75) is 20.4 Å². The first-order valence-electron chi connectivity index (χ1n) is 10.4. The molecule has 0 aliphatic carbocycles. The smallest absolute Gasteiger partial charge is 0.227 e. The minimum Gasteiger partial charge on any atom is -0.350 e. The van der Waals surface area contributed by atoms with E-state index in [-0.39, 0.29) is 11.6 Å². The minimum atomic E-state index is -0.00876. The zero-order valence-corrected chi connectivity index (χ0v) is 18.9. The van der Waals surface area contributed by atoms with Gasteiger partial charge < -0.3 is 5.32 Å². The largest absolute Gasteiger partial charge is 0.350 e. The van der Waals surface area contributed by atoms with E-state index >= 15 is 0 Å². The van der Waals surface area contributed by atoms with E-state index in [1.807, 2.05) is 48.5 Å². The molecule has 0 saturated carbocycles. The molecule has 7 heteroatoms. The third-order valence-corrected chi connectivity index (χ3v) is 5.50. The van der Waals surface area contributed by atoms with Crippen molar-refractivity contribution in [1.82, 2.24) is 15.0 Å². The summed E-state index contributed by atoms with van der Waals surface area (Å²) in [6, 6.07) is 21.8. The van der Waals surface area contributed by atoms with Gasteiger partial charge in [-0.1, -0.05) is 78.3 Å². The molecule has 4 rings (SSSR count). The van der Waals surface area contributed by atoms with Crippen molar-refractivity contribution in [1.29, 1.82) is 0 Å². The van der Waals surface area contributed by atoms with Crippen LogP contribution in [0.25, 0.3) is 22.8 Å². The van der Waals surface area contributed by atoms with Crippen molar-refractivity contribution in [3.05, 3.63) is 94.5 Å². The van der Waals surface area contributed by atoms with Crippen molar-refractivity contribution in [2.75, 3.05) is 5.32 Å². The number of carbonyl (C=O) groups is 2. The molecule has 4 aromatic rings. The van der Waals surface area contributed by atoms with E-state index in [1.54, 1.807) is 24.3 Å². The molecule has 0 aliphatic rings. The molecule has 0 saturated heterocycles. The highest BCUT2D eigenvalue weighted by Crippen LogP contribution is 2.24. The fourth-order valence-electron chi connectivity index (χ4n) is 3.24. The van der Waals surface area contributed by atoms with E-state index in [0.717, 1.165) is 16.7 Å². The molecule has 0 fully saturated rings. The highest BCUT2D eigenvalue weighted by molar-refractivity contribution is 6.31. The summed E-state index contributed by atoms with van der Waals surface area (Å²) in [5, 5.41) is 3.88. The summed E-state index contributed by atoms with van der Waals surface area (Å²) in [5.41, 5.74) is 3.66. The molecule has 1 N–H and O–H groups in total. The molecule has 164 valence electrons. The zero-order valence-electron chi connectivity index (χ0n) is 18.2. The molecule has 6 nitrogen and oxygen atoms in total. The van der Waals surface area contributed by atoms with Gasteiger partial charge in [-0.2, -0.15) is 9.97 Å². The normalized spacial score (nSPS) is 10.6. The van der Waals surface area contributed by atoms with Crippen molar-refractivity contribution >= 4 is 29.1 Å². The standard InChI is InChI=1S/C26H21ClN4O2/c1-16(32)18-7-11-20(12-8-18)24-29-25(21-13-9-19(10-14-21)17(2)33)31-26(30-24)28-15-22-5-3-4-6-23(22)27/h3-14H,15H2,1-2H3,(H,28,29,30,31). The molecule has 0 unspecified atom stereocenters. The van der Waals surface area contributed by atoms with Crippen LogP contribution >= 0.6 is 11.6 Å². The number of benzene rings is 3. The van der Waals surface area contributed by atoms with E-state index < -0.39 is 0 Å². The summed E-state index contributed by atoms with van der Waals surface area (Å²) in [5.74, 6) is 1.30. The lowest BCUT2D eigenvalue weighted by atomic mass is 10.1. The summed E-state index contributed by atoms with van der Waals surface area (Å²) >= 11 is 6.28. The van der Waals surface area contributed by atoms with Gasteiger partial charge in [-0.3, -0.25) is 9.59 Å². The number of carbonyl (C=O) groups excluding carboxylic acids is 2. The molecule has 0 aliphatic heterocycles. The van der Waals surface area contributed by atoms with Gasteiger partial charge >= 0.3 is 0 Å². The van der Waals surface area contributed by atoms with Gasteiger partial charge in [-0.05, 0) is 25.5 Å². The third-order valence-electron chi connectivity index (χ3n) is 5.13. The Kier molecular flexibility index (Phi) is 6.56. The number of halogens is 1. The van der Waals surface area contributed by atoms with Crippen molar-refractivity contribution < 1.29 is 9.59 Å². The van der Waals surface area contributed by atoms with E-state index in [2.05, 4.69) is 20.3 Å². The lowest BCUT2D eigenvalue weighted by Crippen LogP contribution is -2.07. The number of rotatable bonds is 7. The fourth-order valence-corrected chi connectivity index (χ4v) is 3.44. The SMILES string of the molecule is CC(=O)c1ccc(-c2nc(NCc3ccccc3Cl)nc(-c3ccc(C(C)=O)cc3)n2)cc1. The Morgan fingerprint density at radius 2 is 1.21 bits per heavy atom. The van der Waals surface area contributed by atoms with Crippen LogP contribution in [0.5, 0.6) is 0 Å². The average Bonchev–Trinajstić information content (AvgIpc) is 2.83. The molecular weight excluding hydrogens is 436 g/mol. The number of hydrogen-bond acceptors (Lipinski definition) is 6.